The summed E-state index contributed by atoms with van der Waals surface area (Å²) < 4.78 is 16.0. The summed E-state index contributed by atoms with van der Waals surface area (Å²) in [4.78, 5) is 24.1. The van der Waals surface area contributed by atoms with Gasteiger partial charge < -0.3 is 25.3 Å². The Morgan fingerprint density at radius 1 is 0.903 bits per heavy atom. The number of hydrogen-bond donors (Lipinski definition) is 2. The standard InChI is InChI=1S/C24H24N2O5/c1-29-20-13-18(14-21(30-2)23(20)31-15-22(25)27)24(28)26-19-11-7-6-10-17(19)12-16-8-4-3-5-9-16/h3-11,13-14H,12,15H2,1-2H3,(H2,25,27)(H,26,28). The maximum atomic E-state index is 13.0. The van der Waals surface area contributed by atoms with Gasteiger partial charge in [0.05, 0.1) is 14.2 Å². The van der Waals surface area contributed by atoms with Gasteiger partial charge in [-0.3, -0.25) is 9.59 Å². The molecule has 0 unspecified atom stereocenters. The Morgan fingerprint density at radius 2 is 1.52 bits per heavy atom. The van der Waals surface area contributed by atoms with Crippen LogP contribution >= 0.6 is 0 Å². The molecular weight excluding hydrogens is 396 g/mol. The van der Waals surface area contributed by atoms with E-state index in [9.17, 15) is 9.59 Å². The van der Waals surface area contributed by atoms with Gasteiger partial charge in [0, 0.05) is 11.3 Å². The minimum Gasteiger partial charge on any atom is -0.493 e. The molecule has 0 radical (unpaired) electrons. The molecule has 0 heterocycles. The van der Waals surface area contributed by atoms with E-state index in [0.29, 0.717) is 17.7 Å². The highest BCUT2D eigenvalue weighted by Crippen LogP contribution is 2.38. The lowest BCUT2D eigenvalue weighted by Crippen LogP contribution is -2.20. The number of nitrogens with two attached hydrogens (primary N) is 1. The van der Waals surface area contributed by atoms with E-state index in [-0.39, 0.29) is 29.8 Å². The first-order chi connectivity index (χ1) is 15.0. The van der Waals surface area contributed by atoms with Gasteiger partial charge in [-0.25, -0.2) is 0 Å². The third-order valence-corrected chi connectivity index (χ3v) is 4.58. The van der Waals surface area contributed by atoms with Crippen LogP contribution in [0, 0.1) is 0 Å². The maximum absolute atomic E-state index is 13.0. The fourth-order valence-corrected chi connectivity index (χ4v) is 3.10. The predicted octanol–water partition coefficient (Wildman–Crippen LogP) is 3.41. The molecule has 2 amide bonds. The van der Waals surface area contributed by atoms with E-state index in [1.54, 1.807) is 0 Å². The number of para-hydroxylation sites is 1. The molecule has 31 heavy (non-hydrogen) atoms. The molecule has 0 atom stereocenters. The molecule has 7 heteroatoms. The molecule has 7 nitrogen and oxygen atoms in total. The zero-order chi connectivity index (χ0) is 22.2. The largest absolute Gasteiger partial charge is 0.493 e. The van der Waals surface area contributed by atoms with E-state index >= 15 is 0 Å². The number of methoxy groups -OCH3 is 2. The van der Waals surface area contributed by atoms with Crippen LogP contribution in [0.4, 0.5) is 5.69 Å². The number of ether oxygens (including phenoxy) is 3. The summed E-state index contributed by atoms with van der Waals surface area (Å²) in [6, 6.07) is 20.7. The summed E-state index contributed by atoms with van der Waals surface area (Å²) in [5.74, 6) is -0.268. The highest BCUT2D eigenvalue weighted by Gasteiger charge is 2.19. The highest BCUT2D eigenvalue weighted by molar-refractivity contribution is 6.05. The molecule has 0 bridgehead atoms. The zero-order valence-corrected chi connectivity index (χ0v) is 17.4. The first-order valence-electron chi connectivity index (χ1n) is 9.62. The van der Waals surface area contributed by atoms with Gasteiger partial charge in [0.15, 0.2) is 18.1 Å². The van der Waals surface area contributed by atoms with Crippen LogP contribution in [-0.4, -0.2) is 32.6 Å². The molecule has 3 rings (SSSR count). The highest BCUT2D eigenvalue weighted by atomic mass is 16.5. The van der Waals surface area contributed by atoms with Gasteiger partial charge in [0.25, 0.3) is 11.8 Å². The van der Waals surface area contributed by atoms with Crippen LogP contribution < -0.4 is 25.3 Å². The quantitative estimate of drug-likeness (QED) is 0.553. The lowest BCUT2D eigenvalue weighted by molar-refractivity contribution is -0.120. The summed E-state index contributed by atoms with van der Waals surface area (Å²) in [6.45, 7) is -0.342. The SMILES string of the molecule is COc1cc(C(=O)Nc2ccccc2Cc2ccccc2)cc(OC)c1OCC(N)=O. The molecule has 0 aliphatic heterocycles. The van der Waals surface area contributed by atoms with E-state index in [4.69, 9.17) is 19.9 Å². The molecule has 0 saturated carbocycles. The number of amides is 2. The lowest BCUT2D eigenvalue weighted by atomic mass is 10.0. The molecule has 3 aromatic carbocycles. The Kier molecular flexibility index (Phi) is 7.11. The number of carbonyl (C=O) groups is 2. The molecule has 0 saturated heterocycles. The molecule has 160 valence electrons. The van der Waals surface area contributed by atoms with E-state index in [2.05, 4.69) is 5.32 Å². The van der Waals surface area contributed by atoms with Crippen molar-refractivity contribution in [3.8, 4) is 17.2 Å². The van der Waals surface area contributed by atoms with Gasteiger partial charge >= 0.3 is 0 Å². The number of benzene rings is 3. The fraction of sp³-hybridized carbons (Fsp3) is 0.167. The average molecular weight is 420 g/mol. The molecule has 0 aliphatic carbocycles. The minimum atomic E-state index is -0.638. The first kappa shape index (κ1) is 21.7. The van der Waals surface area contributed by atoms with Gasteiger partial charge in [-0.1, -0.05) is 48.5 Å². The van der Waals surface area contributed by atoms with Crippen molar-refractivity contribution in [3.05, 3.63) is 83.4 Å². The van der Waals surface area contributed by atoms with Crippen molar-refractivity contribution >= 4 is 17.5 Å². The third kappa shape index (κ3) is 5.54. The summed E-state index contributed by atoms with van der Waals surface area (Å²) in [6.07, 6.45) is 0.684. The van der Waals surface area contributed by atoms with Crippen molar-refractivity contribution in [3.63, 3.8) is 0 Å². The number of primary amides is 1. The normalized spacial score (nSPS) is 10.3. The summed E-state index contributed by atoms with van der Waals surface area (Å²) >= 11 is 0. The van der Waals surface area contributed by atoms with Gasteiger partial charge in [0.1, 0.15) is 0 Å². The van der Waals surface area contributed by atoms with Crippen LogP contribution in [0.25, 0.3) is 0 Å². The van der Waals surface area contributed by atoms with Gasteiger partial charge in [-0.05, 0) is 35.7 Å². The first-order valence-corrected chi connectivity index (χ1v) is 9.62. The fourth-order valence-electron chi connectivity index (χ4n) is 3.10. The van der Waals surface area contributed by atoms with Crippen LogP contribution in [0.1, 0.15) is 21.5 Å². The second kappa shape index (κ2) is 10.2. The van der Waals surface area contributed by atoms with Crippen LogP contribution in [0.3, 0.4) is 0 Å². The summed E-state index contributed by atoms with van der Waals surface area (Å²) in [5, 5.41) is 2.95. The number of carbonyl (C=O) groups excluding carboxylic acids is 2. The van der Waals surface area contributed by atoms with Crippen LogP contribution in [0.15, 0.2) is 66.7 Å². The Hall–Kier alpha value is -4.00. The van der Waals surface area contributed by atoms with E-state index in [1.807, 2.05) is 54.6 Å². The average Bonchev–Trinajstić information content (AvgIpc) is 2.78. The topological polar surface area (TPSA) is 99.9 Å². The van der Waals surface area contributed by atoms with E-state index in [0.717, 1.165) is 11.1 Å². The van der Waals surface area contributed by atoms with Crippen molar-refractivity contribution in [1.29, 1.82) is 0 Å². The Bertz CT molecular complexity index is 1040. The van der Waals surface area contributed by atoms with Crippen molar-refractivity contribution in [2.45, 2.75) is 6.42 Å². The summed E-state index contributed by atoms with van der Waals surface area (Å²) in [5.41, 5.74) is 8.30. The van der Waals surface area contributed by atoms with Crippen LogP contribution in [0.5, 0.6) is 17.2 Å². The molecule has 0 aliphatic rings. The number of rotatable bonds is 9. The van der Waals surface area contributed by atoms with Gasteiger partial charge in [0.2, 0.25) is 5.75 Å². The van der Waals surface area contributed by atoms with E-state index < -0.39 is 5.91 Å². The van der Waals surface area contributed by atoms with Crippen LogP contribution in [-0.2, 0) is 11.2 Å². The van der Waals surface area contributed by atoms with Gasteiger partial charge in [-0.15, -0.1) is 0 Å². The second-order valence-electron chi connectivity index (χ2n) is 6.74. The Labute approximate surface area is 180 Å². The van der Waals surface area contributed by atoms with Crippen molar-refractivity contribution in [2.75, 3.05) is 26.1 Å². The molecule has 0 fully saturated rings. The van der Waals surface area contributed by atoms with Crippen molar-refractivity contribution < 1.29 is 23.8 Å². The number of nitrogens with one attached hydrogen (secondary N) is 1. The number of hydrogen-bond acceptors (Lipinski definition) is 5. The lowest BCUT2D eigenvalue weighted by Gasteiger charge is -2.16. The third-order valence-electron chi connectivity index (χ3n) is 4.58. The van der Waals surface area contributed by atoms with Crippen molar-refractivity contribution in [2.24, 2.45) is 5.73 Å². The smallest absolute Gasteiger partial charge is 0.255 e. The molecule has 3 N–H and O–H groups in total. The maximum Gasteiger partial charge on any atom is 0.255 e. The molecule has 0 aromatic heterocycles. The second-order valence-corrected chi connectivity index (χ2v) is 6.74. The zero-order valence-electron chi connectivity index (χ0n) is 17.4. The van der Waals surface area contributed by atoms with Crippen LogP contribution in [0.2, 0.25) is 0 Å². The monoisotopic (exact) mass is 420 g/mol. The minimum absolute atomic E-state index is 0.199. The Balaban J connectivity index is 1.86. The Morgan fingerprint density at radius 3 is 2.13 bits per heavy atom. The predicted molar refractivity (Wildman–Crippen MR) is 118 cm³/mol. The summed E-state index contributed by atoms with van der Waals surface area (Å²) in [7, 11) is 2.87. The number of anilines is 1. The van der Waals surface area contributed by atoms with Crippen molar-refractivity contribution in [1.82, 2.24) is 0 Å². The van der Waals surface area contributed by atoms with E-state index in [1.165, 1.54) is 26.4 Å². The molecule has 0 spiro atoms. The molecule has 3 aromatic rings. The molecular formula is C24H24N2O5. The van der Waals surface area contributed by atoms with Gasteiger partial charge in [-0.2, -0.15) is 0 Å².